The Morgan fingerprint density at radius 1 is 1.27 bits per heavy atom. The average molecular weight is 364 g/mol. The van der Waals surface area contributed by atoms with Crippen molar-refractivity contribution >= 4 is 5.91 Å². The molecule has 4 aliphatic heterocycles. The Balaban J connectivity index is 1.38. The van der Waals surface area contributed by atoms with Crippen molar-refractivity contribution in [3.63, 3.8) is 0 Å². The molecule has 0 saturated carbocycles. The predicted molar refractivity (Wildman–Crippen MR) is 94.2 cm³/mol. The van der Waals surface area contributed by atoms with E-state index in [4.69, 9.17) is 0 Å². The van der Waals surface area contributed by atoms with Crippen molar-refractivity contribution < 1.29 is 9.18 Å². The maximum absolute atomic E-state index is 13.5. The molecule has 0 aromatic rings. The Hall–Kier alpha value is -2.14. The first kappa shape index (κ1) is 17.3. The lowest BCUT2D eigenvalue weighted by Crippen LogP contribution is -2.62. The van der Waals surface area contributed by atoms with E-state index in [1.807, 2.05) is 30.2 Å². The van der Waals surface area contributed by atoms with Gasteiger partial charge in [-0.3, -0.25) is 20.0 Å². The van der Waals surface area contributed by atoms with Crippen molar-refractivity contribution in [3.05, 3.63) is 36.3 Å². The molecule has 4 rings (SSSR count). The molecular formula is C16H25FN8O. The number of likely N-dealkylation sites (tertiary alicyclic amines) is 1. The molecule has 0 aliphatic carbocycles. The average Bonchev–Trinajstić information content (AvgIpc) is 3.27. The van der Waals surface area contributed by atoms with Crippen LogP contribution in [0.15, 0.2) is 36.3 Å². The zero-order chi connectivity index (χ0) is 18.1. The van der Waals surface area contributed by atoms with Gasteiger partial charge in [0.25, 0.3) is 5.91 Å². The number of nitrogens with one attached hydrogen (secondary N) is 6. The lowest BCUT2D eigenvalue weighted by Gasteiger charge is -2.38. The van der Waals surface area contributed by atoms with Crippen LogP contribution in [0.5, 0.6) is 0 Å². The van der Waals surface area contributed by atoms with E-state index in [1.54, 1.807) is 17.4 Å². The smallest absolute Gasteiger partial charge is 0.273 e. The van der Waals surface area contributed by atoms with Gasteiger partial charge >= 0.3 is 0 Å². The van der Waals surface area contributed by atoms with Crippen LogP contribution in [-0.4, -0.2) is 66.9 Å². The van der Waals surface area contributed by atoms with E-state index < -0.39 is 6.17 Å². The molecule has 26 heavy (non-hydrogen) atoms. The molecule has 0 radical (unpaired) electrons. The fourth-order valence-electron chi connectivity index (χ4n) is 3.52. The fraction of sp³-hybridized carbons (Fsp3) is 0.562. The van der Waals surface area contributed by atoms with E-state index in [1.165, 1.54) is 0 Å². The van der Waals surface area contributed by atoms with Crippen molar-refractivity contribution in [2.45, 2.75) is 37.4 Å². The maximum Gasteiger partial charge on any atom is 0.273 e. The quantitative estimate of drug-likeness (QED) is 0.324. The summed E-state index contributed by atoms with van der Waals surface area (Å²) in [6, 6.07) is 0. The van der Waals surface area contributed by atoms with Crippen molar-refractivity contribution in [3.8, 4) is 0 Å². The highest BCUT2D eigenvalue weighted by Crippen LogP contribution is 2.22. The van der Waals surface area contributed by atoms with Crippen LogP contribution in [0.1, 0.15) is 6.42 Å². The molecule has 1 amide bonds. The minimum Gasteiger partial charge on any atom is -0.365 e. The first-order chi connectivity index (χ1) is 12.6. The standard InChI is InChI=1S/C16H25FN8O/c1-18-12-4-6-19-16(21-12)22-15(26)11-8-20-13-2-3-14(23-25(11)13)24-7-5-10(17)9-24/h2-4,6,8,10,12-14,16,18-21,23H,5,7,9H2,1H3,(H,22,26)/t10-,12?,13?,14?,16?/m0/s1. The van der Waals surface area contributed by atoms with Gasteiger partial charge in [-0.15, -0.1) is 0 Å². The van der Waals surface area contributed by atoms with E-state index in [-0.39, 0.29) is 30.7 Å². The second-order valence-corrected chi connectivity index (χ2v) is 6.72. The molecule has 0 aromatic heterocycles. The highest BCUT2D eigenvalue weighted by atomic mass is 19.1. The number of alkyl halides is 1. The summed E-state index contributed by atoms with van der Waals surface area (Å²) in [6.45, 7) is 1.11. The number of likely N-dealkylation sites (N-methyl/N-ethyl adjacent to an activating group) is 1. The largest absolute Gasteiger partial charge is 0.365 e. The highest BCUT2D eigenvalue weighted by Gasteiger charge is 2.36. The molecule has 4 aliphatic rings. The Morgan fingerprint density at radius 3 is 2.88 bits per heavy atom. The number of hydrazine groups is 1. The molecule has 9 nitrogen and oxygen atoms in total. The number of carbonyl (C=O) groups is 1. The van der Waals surface area contributed by atoms with Gasteiger partial charge in [0.15, 0.2) is 6.29 Å². The van der Waals surface area contributed by atoms with E-state index in [0.29, 0.717) is 25.2 Å². The van der Waals surface area contributed by atoms with Gasteiger partial charge in [-0.05, 0) is 31.8 Å². The molecule has 4 unspecified atom stereocenters. The number of hydrogen-bond donors (Lipinski definition) is 6. The lowest BCUT2D eigenvalue weighted by atomic mass is 10.3. The molecule has 1 saturated heterocycles. The predicted octanol–water partition coefficient (Wildman–Crippen LogP) is -1.84. The van der Waals surface area contributed by atoms with E-state index in [0.717, 1.165) is 0 Å². The summed E-state index contributed by atoms with van der Waals surface area (Å²) in [4.78, 5) is 14.8. The van der Waals surface area contributed by atoms with Gasteiger partial charge in [0, 0.05) is 19.3 Å². The summed E-state index contributed by atoms with van der Waals surface area (Å²) < 4.78 is 13.5. The zero-order valence-corrected chi connectivity index (χ0v) is 14.6. The van der Waals surface area contributed by atoms with Gasteiger partial charge in [-0.2, -0.15) is 0 Å². The molecular weight excluding hydrogens is 339 g/mol. The van der Waals surface area contributed by atoms with Crippen LogP contribution in [-0.2, 0) is 4.79 Å². The first-order valence-electron chi connectivity index (χ1n) is 8.89. The van der Waals surface area contributed by atoms with Gasteiger partial charge in [0.1, 0.15) is 18.0 Å². The summed E-state index contributed by atoms with van der Waals surface area (Å²) in [7, 11) is 1.84. The topological polar surface area (TPSA) is 95.7 Å². The molecule has 5 atom stereocenters. The van der Waals surface area contributed by atoms with Crippen LogP contribution in [0, 0.1) is 0 Å². The van der Waals surface area contributed by atoms with Gasteiger partial charge < -0.3 is 21.3 Å². The summed E-state index contributed by atoms with van der Waals surface area (Å²) in [5.41, 5.74) is 3.80. The third-order valence-corrected chi connectivity index (χ3v) is 4.95. The SMILES string of the molecule is CNC1C=CNC(NC(=O)C2=CNC3C=CC(N4CC[C@H](F)C4)NN23)N1. The van der Waals surface area contributed by atoms with Gasteiger partial charge in [-0.25, -0.2) is 9.82 Å². The minimum atomic E-state index is -0.783. The summed E-state index contributed by atoms with van der Waals surface area (Å²) >= 11 is 0. The monoisotopic (exact) mass is 364 g/mol. The van der Waals surface area contributed by atoms with E-state index in [2.05, 4.69) is 32.0 Å². The van der Waals surface area contributed by atoms with Crippen molar-refractivity contribution in [2.75, 3.05) is 20.1 Å². The van der Waals surface area contributed by atoms with E-state index >= 15 is 0 Å². The molecule has 0 spiro atoms. The molecule has 0 aromatic carbocycles. The second-order valence-electron chi connectivity index (χ2n) is 6.72. The number of halogens is 1. The van der Waals surface area contributed by atoms with Crippen LogP contribution in [0.4, 0.5) is 4.39 Å². The third kappa shape index (κ3) is 3.40. The summed E-state index contributed by atoms with van der Waals surface area (Å²) in [5.74, 6) is -0.221. The number of hydrogen-bond acceptors (Lipinski definition) is 8. The van der Waals surface area contributed by atoms with Crippen LogP contribution < -0.4 is 32.0 Å². The van der Waals surface area contributed by atoms with Crippen LogP contribution in [0.2, 0.25) is 0 Å². The van der Waals surface area contributed by atoms with Crippen LogP contribution in [0.3, 0.4) is 0 Å². The molecule has 6 N–H and O–H groups in total. The number of rotatable bonds is 4. The molecule has 4 heterocycles. The third-order valence-electron chi connectivity index (χ3n) is 4.95. The van der Waals surface area contributed by atoms with E-state index in [9.17, 15) is 9.18 Å². The minimum absolute atomic E-state index is 0.0192. The summed E-state index contributed by atoms with van der Waals surface area (Å²) in [6.07, 6.45) is 8.52. The summed E-state index contributed by atoms with van der Waals surface area (Å²) in [5, 5.41) is 17.2. The fourth-order valence-corrected chi connectivity index (χ4v) is 3.52. The van der Waals surface area contributed by atoms with Crippen LogP contribution >= 0.6 is 0 Å². The Kier molecular flexibility index (Phi) is 4.81. The molecule has 1 fully saturated rings. The van der Waals surface area contributed by atoms with Crippen molar-refractivity contribution in [1.82, 2.24) is 41.9 Å². The Labute approximate surface area is 151 Å². The normalized spacial score (nSPS) is 36.3. The van der Waals surface area contributed by atoms with Gasteiger partial charge in [-0.1, -0.05) is 6.08 Å². The Morgan fingerprint density at radius 2 is 2.12 bits per heavy atom. The van der Waals surface area contributed by atoms with Crippen molar-refractivity contribution in [2.24, 2.45) is 0 Å². The molecule has 10 heteroatoms. The Bertz CT molecular complexity index is 638. The molecule has 142 valence electrons. The van der Waals surface area contributed by atoms with Crippen LogP contribution in [0.25, 0.3) is 0 Å². The number of carbonyl (C=O) groups excluding carboxylic acids is 1. The highest BCUT2D eigenvalue weighted by molar-refractivity contribution is 5.93. The van der Waals surface area contributed by atoms with Gasteiger partial charge in [0.2, 0.25) is 0 Å². The first-order valence-corrected chi connectivity index (χ1v) is 8.89. The number of amides is 1. The number of nitrogens with zero attached hydrogens (tertiary/aromatic N) is 2. The zero-order valence-electron chi connectivity index (χ0n) is 14.6. The maximum atomic E-state index is 13.5. The lowest BCUT2D eigenvalue weighted by molar-refractivity contribution is -0.121. The molecule has 0 bridgehead atoms. The van der Waals surface area contributed by atoms with Crippen molar-refractivity contribution in [1.29, 1.82) is 0 Å². The van der Waals surface area contributed by atoms with Gasteiger partial charge in [0.05, 0.1) is 12.3 Å². The number of fused-ring (bicyclic) bond motifs is 1. The second kappa shape index (κ2) is 7.23.